The molecule has 0 saturated carbocycles. The van der Waals surface area contributed by atoms with Gasteiger partial charge in [-0.1, -0.05) is 30.3 Å². The maximum atomic E-state index is 13.5. The average molecular weight is 503 g/mol. The molecule has 2 aromatic rings. The van der Waals surface area contributed by atoms with E-state index in [4.69, 9.17) is 9.47 Å². The van der Waals surface area contributed by atoms with Crippen LogP contribution in [0.2, 0.25) is 0 Å². The summed E-state index contributed by atoms with van der Waals surface area (Å²) >= 11 is 0. The predicted molar refractivity (Wildman–Crippen MR) is 133 cm³/mol. The Hall–Kier alpha value is -2.46. The average Bonchev–Trinajstić information content (AvgIpc) is 2.89. The highest BCUT2D eigenvalue weighted by Crippen LogP contribution is 2.38. The summed E-state index contributed by atoms with van der Waals surface area (Å²) in [5.41, 5.74) is 6.18. The van der Waals surface area contributed by atoms with Crippen molar-refractivity contribution in [1.29, 1.82) is 0 Å². The van der Waals surface area contributed by atoms with Crippen molar-refractivity contribution in [3.63, 3.8) is 0 Å². The summed E-state index contributed by atoms with van der Waals surface area (Å²) in [6.07, 6.45) is 1.41. The van der Waals surface area contributed by atoms with Crippen LogP contribution in [0.4, 0.5) is 0 Å². The second kappa shape index (κ2) is 10.7. The molecular weight excluding hydrogens is 468 g/mol. The van der Waals surface area contributed by atoms with E-state index in [9.17, 15) is 18.4 Å². The van der Waals surface area contributed by atoms with Crippen LogP contribution in [0, 0.1) is 6.92 Å². The van der Waals surface area contributed by atoms with E-state index in [1.54, 1.807) is 5.48 Å². The van der Waals surface area contributed by atoms with E-state index in [2.05, 4.69) is 31.2 Å². The maximum absolute atomic E-state index is 13.5. The fourth-order valence-electron chi connectivity index (χ4n) is 5.27. The van der Waals surface area contributed by atoms with Gasteiger partial charge in [0.25, 0.3) is 5.91 Å². The molecule has 2 saturated heterocycles. The number of aryl methyl sites for hydroxylation is 1. The minimum Gasteiger partial charge on any atom is -0.494 e. The number of amides is 1. The molecule has 0 aliphatic carbocycles. The lowest BCUT2D eigenvalue weighted by atomic mass is 9.87. The topological polar surface area (TPSA) is 105 Å². The van der Waals surface area contributed by atoms with Gasteiger partial charge in [-0.25, -0.2) is 18.2 Å². The van der Waals surface area contributed by atoms with Gasteiger partial charge in [-0.2, -0.15) is 0 Å². The van der Waals surface area contributed by atoms with E-state index in [-0.39, 0.29) is 32.0 Å². The fraction of sp³-hybridized carbons (Fsp3) is 0.500. The Bertz CT molecular complexity index is 1150. The highest BCUT2D eigenvalue weighted by molar-refractivity contribution is 7.91. The number of rotatable bonds is 7. The zero-order chi connectivity index (χ0) is 25.1. The number of hydrogen-bond donors (Lipinski definition) is 2. The Morgan fingerprint density at radius 3 is 2.51 bits per heavy atom. The predicted octanol–water partition coefficient (Wildman–Crippen LogP) is 3.62. The van der Waals surface area contributed by atoms with E-state index in [1.165, 1.54) is 9.87 Å². The zero-order valence-electron chi connectivity index (χ0n) is 20.3. The molecule has 0 spiro atoms. The highest BCUT2D eigenvalue weighted by atomic mass is 32.2. The number of piperidine rings is 1. The van der Waals surface area contributed by atoms with E-state index in [1.807, 2.05) is 25.1 Å². The molecule has 9 heteroatoms. The molecular formula is C26H34N2O6S. The number of hydrogen-bond acceptors (Lipinski definition) is 6. The summed E-state index contributed by atoms with van der Waals surface area (Å²) in [6, 6.07) is 14.5. The summed E-state index contributed by atoms with van der Waals surface area (Å²) in [6.45, 7) is 5.69. The summed E-state index contributed by atoms with van der Waals surface area (Å²) in [5.74, 6) is 0.211. The second-order valence-electron chi connectivity index (χ2n) is 9.26. The van der Waals surface area contributed by atoms with E-state index < -0.39 is 20.7 Å². The molecule has 0 bridgehead atoms. The SMILES string of the molecule is CCOc1cccc(-c2ccc(C3CCN(S(=O)(=O)C4(C(=O)NO)CCOCC4)CC3)cc2C)c1. The number of nitrogens with one attached hydrogen (secondary N) is 1. The second-order valence-corrected chi connectivity index (χ2v) is 11.5. The fourth-order valence-corrected chi connectivity index (χ4v) is 7.41. The van der Waals surface area contributed by atoms with Crippen LogP contribution in [0.25, 0.3) is 11.1 Å². The lowest BCUT2D eigenvalue weighted by molar-refractivity contribution is -0.134. The summed E-state index contributed by atoms with van der Waals surface area (Å²) in [4.78, 5) is 12.5. The third kappa shape index (κ3) is 4.95. The van der Waals surface area contributed by atoms with Crippen LogP contribution in [0.3, 0.4) is 0 Å². The largest absolute Gasteiger partial charge is 0.494 e. The number of nitrogens with zero attached hydrogens (tertiary/aromatic N) is 1. The Labute approximate surface area is 207 Å². The van der Waals surface area contributed by atoms with Crippen molar-refractivity contribution in [2.24, 2.45) is 0 Å². The number of ether oxygens (including phenoxy) is 2. The van der Waals surface area contributed by atoms with Crippen LogP contribution in [0.1, 0.15) is 49.7 Å². The molecule has 0 aromatic heterocycles. The van der Waals surface area contributed by atoms with Gasteiger partial charge in [0, 0.05) is 39.1 Å². The number of hydroxylamine groups is 1. The van der Waals surface area contributed by atoms with Gasteiger partial charge in [0.1, 0.15) is 5.75 Å². The quantitative estimate of drug-likeness (QED) is 0.443. The molecule has 2 aromatic carbocycles. The standard InChI is InChI=1S/C26H34N2O6S/c1-3-34-23-6-4-5-22(18-23)24-8-7-21(17-19(24)2)20-9-13-28(14-10-20)35(31,32)26(25(29)27-30)11-15-33-16-12-26/h4-8,17-18,20,30H,3,9-16H2,1-2H3,(H,27,29). The van der Waals surface area contributed by atoms with E-state index >= 15 is 0 Å². The number of sulfonamides is 1. The zero-order valence-corrected chi connectivity index (χ0v) is 21.1. The third-order valence-corrected chi connectivity index (χ3v) is 9.91. The number of carbonyl (C=O) groups is 1. The Balaban J connectivity index is 1.48. The minimum atomic E-state index is -3.95. The van der Waals surface area contributed by atoms with Gasteiger partial charge in [0.15, 0.2) is 4.75 Å². The lowest BCUT2D eigenvalue weighted by Gasteiger charge is -2.40. The molecule has 4 rings (SSSR count). The normalized spacial score (nSPS) is 19.3. The third-order valence-electron chi connectivity index (χ3n) is 7.28. The lowest BCUT2D eigenvalue weighted by Crippen LogP contribution is -2.60. The first-order valence-electron chi connectivity index (χ1n) is 12.2. The van der Waals surface area contributed by atoms with Gasteiger partial charge in [-0.15, -0.1) is 0 Å². The van der Waals surface area contributed by atoms with Gasteiger partial charge in [-0.3, -0.25) is 10.0 Å². The van der Waals surface area contributed by atoms with Crippen molar-refractivity contribution >= 4 is 15.9 Å². The van der Waals surface area contributed by atoms with E-state index in [0.717, 1.165) is 22.4 Å². The summed E-state index contributed by atoms with van der Waals surface area (Å²) in [5, 5.41) is 9.25. The number of carbonyl (C=O) groups excluding carboxylic acids is 1. The Morgan fingerprint density at radius 2 is 1.89 bits per heavy atom. The first kappa shape index (κ1) is 25.6. The first-order chi connectivity index (χ1) is 16.8. The summed E-state index contributed by atoms with van der Waals surface area (Å²) < 4.78 is 37.7. The van der Waals surface area contributed by atoms with Crippen LogP contribution in [-0.2, 0) is 19.6 Å². The molecule has 0 atom stereocenters. The maximum Gasteiger partial charge on any atom is 0.266 e. The van der Waals surface area contributed by atoms with Crippen molar-refractivity contribution in [1.82, 2.24) is 9.79 Å². The molecule has 1 amide bonds. The highest BCUT2D eigenvalue weighted by Gasteiger charge is 2.54. The van der Waals surface area contributed by atoms with Crippen molar-refractivity contribution in [3.05, 3.63) is 53.6 Å². The van der Waals surface area contributed by atoms with Crippen LogP contribution >= 0.6 is 0 Å². The van der Waals surface area contributed by atoms with Gasteiger partial charge in [0.2, 0.25) is 10.0 Å². The Kier molecular flexibility index (Phi) is 7.80. The molecule has 35 heavy (non-hydrogen) atoms. The smallest absolute Gasteiger partial charge is 0.266 e. The number of benzene rings is 2. The monoisotopic (exact) mass is 502 g/mol. The molecule has 2 N–H and O–H groups in total. The van der Waals surface area contributed by atoms with Crippen LogP contribution in [-0.4, -0.2) is 61.5 Å². The van der Waals surface area contributed by atoms with Gasteiger partial charge < -0.3 is 9.47 Å². The van der Waals surface area contributed by atoms with Crippen LogP contribution in [0.5, 0.6) is 5.75 Å². The van der Waals surface area contributed by atoms with Crippen molar-refractivity contribution < 1.29 is 27.9 Å². The van der Waals surface area contributed by atoms with Crippen molar-refractivity contribution in [2.45, 2.75) is 50.2 Å². The van der Waals surface area contributed by atoms with Crippen molar-refractivity contribution in [3.8, 4) is 16.9 Å². The Morgan fingerprint density at radius 1 is 1.17 bits per heavy atom. The van der Waals surface area contributed by atoms with E-state index in [0.29, 0.717) is 32.5 Å². The molecule has 2 fully saturated rings. The van der Waals surface area contributed by atoms with Gasteiger partial charge in [0.05, 0.1) is 6.61 Å². The van der Waals surface area contributed by atoms with Crippen LogP contribution in [0.15, 0.2) is 42.5 Å². The molecule has 190 valence electrons. The first-order valence-corrected chi connectivity index (χ1v) is 13.6. The molecule has 2 aliphatic rings. The molecule has 0 unspecified atom stereocenters. The summed E-state index contributed by atoms with van der Waals surface area (Å²) in [7, 11) is -3.95. The van der Waals surface area contributed by atoms with Crippen LogP contribution < -0.4 is 10.2 Å². The van der Waals surface area contributed by atoms with Gasteiger partial charge >= 0.3 is 0 Å². The molecule has 2 aliphatic heterocycles. The molecule has 2 heterocycles. The van der Waals surface area contributed by atoms with Gasteiger partial charge in [-0.05, 0) is 67.0 Å². The molecule has 0 radical (unpaired) electrons. The molecule has 8 nitrogen and oxygen atoms in total. The van der Waals surface area contributed by atoms with Crippen molar-refractivity contribution in [2.75, 3.05) is 32.9 Å². The minimum absolute atomic E-state index is 0.0345.